The molecular weight excluding hydrogens is 278 g/mol. The molecule has 0 saturated carbocycles. The van der Waals surface area contributed by atoms with Gasteiger partial charge in [0.25, 0.3) is 5.91 Å². The van der Waals surface area contributed by atoms with E-state index in [1.54, 1.807) is 13.1 Å². The van der Waals surface area contributed by atoms with Crippen LogP contribution in [0.2, 0.25) is 0 Å². The third kappa shape index (κ3) is 1.98. The molecule has 10 heteroatoms. The quantitative estimate of drug-likeness (QED) is 0.541. The summed E-state index contributed by atoms with van der Waals surface area (Å²) in [5, 5.41) is 18.7. The van der Waals surface area contributed by atoms with Gasteiger partial charge >= 0.3 is 5.69 Å². The van der Waals surface area contributed by atoms with Crippen LogP contribution in [0.4, 0.5) is 5.69 Å². The number of aryl methyl sites for hydroxylation is 1. The van der Waals surface area contributed by atoms with Crippen LogP contribution in [0.15, 0.2) is 24.8 Å². The Kier molecular flexibility index (Phi) is 2.65. The van der Waals surface area contributed by atoms with Gasteiger partial charge in [0, 0.05) is 0 Å². The van der Waals surface area contributed by atoms with Crippen molar-refractivity contribution in [3.05, 3.63) is 46.2 Å². The number of nitrogens with zero attached hydrogens (tertiary/aromatic N) is 6. The molecule has 0 bridgehead atoms. The Bertz CT molecular complexity index is 879. The van der Waals surface area contributed by atoms with E-state index in [0.717, 1.165) is 6.20 Å². The molecule has 10 nitrogen and oxygen atoms in total. The van der Waals surface area contributed by atoms with Gasteiger partial charge in [0.15, 0.2) is 5.65 Å². The van der Waals surface area contributed by atoms with Crippen LogP contribution >= 0.6 is 0 Å². The number of fused-ring (bicyclic) bond motifs is 1. The summed E-state index contributed by atoms with van der Waals surface area (Å²) in [5.74, 6) is -0.613. The lowest BCUT2D eigenvalue weighted by Crippen LogP contribution is -2.12. The van der Waals surface area contributed by atoms with Crippen molar-refractivity contribution in [1.82, 2.24) is 24.4 Å². The normalized spacial score (nSPS) is 10.9. The predicted molar refractivity (Wildman–Crippen MR) is 70.0 cm³/mol. The van der Waals surface area contributed by atoms with Gasteiger partial charge in [0.05, 0.1) is 23.0 Å². The van der Waals surface area contributed by atoms with Crippen molar-refractivity contribution in [2.24, 2.45) is 5.73 Å². The maximum atomic E-state index is 11.4. The van der Waals surface area contributed by atoms with Gasteiger partial charge in [-0.3, -0.25) is 14.9 Å². The van der Waals surface area contributed by atoms with E-state index in [1.165, 1.54) is 21.6 Å². The molecule has 0 saturated heterocycles. The molecule has 0 spiro atoms. The van der Waals surface area contributed by atoms with E-state index < -0.39 is 10.8 Å². The highest BCUT2D eigenvalue weighted by Gasteiger charge is 2.17. The van der Waals surface area contributed by atoms with E-state index in [1.807, 2.05) is 0 Å². The lowest BCUT2D eigenvalue weighted by molar-refractivity contribution is -0.384. The first-order chi connectivity index (χ1) is 9.97. The Morgan fingerprint density at radius 2 is 2.14 bits per heavy atom. The molecule has 1 amide bonds. The molecule has 3 rings (SSSR count). The van der Waals surface area contributed by atoms with E-state index in [-0.39, 0.29) is 11.3 Å². The molecule has 0 aliphatic rings. The lowest BCUT2D eigenvalue weighted by atomic mass is 10.2. The Morgan fingerprint density at radius 3 is 2.76 bits per heavy atom. The predicted octanol–water partition coefficient (Wildman–Crippen LogP) is 0.231. The van der Waals surface area contributed by atoms with Crippen LogP contribution in [0.25, 0.3) is 11.3 Å². The second kappa shape index (κ2) is 4.37. The molecule has 0 aliphatic heterocycles. The highest BCUT2D eigenvalue weighted by molar-refractivity contribution is 5.99. The van der Waals surface area contributed by atoms with Crippen LogP contribution in [0.3, 0.4) is 0 Å². The topological polar surface area (TPSA) is 134 Å². The molecule has 0 fully saturated rings. The van der Waals surface area contributed by atoms with Gasteiger partial charge in [-0.2, -0.15) is 10.2 Å². The molecule has 0 atom stereocenters. The highest BCUT2D eigenvalue weighted by atomic mass is 16.6. The van der Waals surface area contributed by atoms with Gasteiger partial charge in [0.2, 0.25) is 0 Å². The summed E-state index contributed by atoms with van der Waals surface area (Å²) < 4.78 is 2.68. The molecule has 0 aliphatic carbocycles. The van der Waals surface area contributed by atoms with Crippen molar-refractivity contribution in [1.29, 1.82) is 0 Å². The maximum Gasteiger partial charge on any atom is 0.307 e. The minimum Gasteiger partial charge on any atom is -0.365 e. The number of hydrogen-bond acceptors (Lipinski definition) is 6. The van der Waals surface area contributed by atoms with Gasteiger partial charge in [-0.05, 0) is 6.92 Å². The smallest absolute Gasteiger partial charge is 0.307 e. The minimum absolute atomic E-state index is 0.135. The summed E-state index contributed by atoms with van der Waals surface area (Å²) in [5.41, 5.74) is 6.64. The van der Waals surface area contributed by atoms with Crippen molar-refractivity contribution in [3.63, 3.8) is 0 Å². The summed E-state index contributed by atoms with van der Waals surface area (Å²) in [4.78, 5) is 25.6. The first-order valence-electron chi connectivity index (χ1n) is 5.81. The molecule has 0 aromatic carbocycles. The van der Waals surface area contributed by atoms with Gasteiger partial charge in [-0.1, -0.05) is 0 Å². The molecule has 21 heavy (non-hydrogen) atoms. The number of nitrogens with two attached hydrogens (primary N) is 1. The third-order valence-corrected chi connectivity index (χ3v) is 2.92. The Hall–Kier alpha value is -3.30. The fourth-order valence-electron chi connectivity index (χ4n) is 1.99. The molecule has 2 N–H and O–H groups in total. The first-order valence-corrected chi connectivity index (χ1v) is 5.81. The van der Waals surface area contributed by atoms with Crippen LogP contribution in [0.5, 0.6) is 0 Å². The van der Waals surface area contributed by atoms with Crippen molar-refractivity contribution in [2.75, 3.05) is 0 Å². The summed E-state index contributed by atoms with van der Waals surface area (Å²) in [7, 11) is 0. The monoisotopic (exact) mass is 287 g/mol. The van der Waals surface area contributed by atoms with Crippen molar-refractivity contribution in [2.45, 2.75) is 6.92 Å². The zero-order valence-corrected chi connectivity index (χ0v) is 10.8. The van der Waals surface area contributed by atoms with Crippen LogP contribution < -0.4 is 5.73 Å². The SMILES string of the molecule is Cc1nn2cc(-n3cc([N+](=O)[O-])cn3)cnc2c1C(N)=O. The summed E-state index contributed by atoms with van der Waals surface area (Å²) in [6.07, 6.45) is 5.37. The number of aromatic nitrogens is 5. The van der Waals surface area contributed by atoms with E-state index >= 15 is 0 Å². The average molecular weight is 287 g/mol. The van der Waals surface area contributed by atoms with E-state index in [4.69, 9.17) is 5.73 Å². The Labute approximate surface area is 117 Å². The van der Waals surface area contributed by atoms with E-state index in [2.05, 4.69) is 15.2 Å². The van der Waals surface area contributed by atoms with Gasteiger partial charge in [-0.25, -0.2) is 14.2 Å². The highest BCUT2D eigenvalue weighted by Crippen LogP contribution is 2.16. The minimum atomic E-state index is -0.613. The van der Waals surface area contributed by atoms with Crippen LogP contribution in [-0.2, 0) is 0 Å². The number of primary amides is 1. The van der Waals surface area contributed by atoms with Crippen molar-refractivity contribution in [3.8, 4) is 5.69 Å². The first kappa shape index (κ1) is 12.7. The number of carbonyl (C=O) groups is 1. The Balaban J connectivity index is 2.13. The zero-order valence-electron chi connectivity index (χ0n) is 10.8. The second-order valence-corrected chi connectivity index (χ2v) is 4.31. The molecule has 3 aromatic rings. The zero-order chi connectivity index (χ0) is 15.1. The van der Waals surface area contributed by atoms with Gasteiger partial charge in [-0.15, -0.1) is 0 Å². The van der Waals surface area contributed by atoms with E-state index in [0.29, 0.717) is 17.0 Å². The number of rotatable bonds is 3. The molecule has 3 heterocycles. The standard InChI is InChI=1S/C11H9N7O3/c1-6-9(10(12)19)11-13-2-7(4-17(11)15-6)16-5-8(3-14-16)18(20)21/h2-5H,1H3,(H2,12,19). The average Bonchev–Trinajstić information content (AvgIpc) is 3.00. The largest absolute Gasteiger partial charge is 0.365 e. The van der Waals surface area contributed by atoms with Crippen LogP contribution in [-0.4, -0.2) is 35.2 Å². The second-order valence-electron chi connectivity index (χ2n) is 4.31. The van der Waals surface area contributed by atoms with Crippen molar-refractivity contribution >= 4 is 17.2 Å². The maximum absolute atomic E-state index is 11.4. The molecule has 0 unspecified atom stereocenters. The third-order valence-electron chi connectivity index (χ3n) is 2.92. The fraction of sp³-hybridized carbons (Fsp3) is 0.0909. The van der Waals surface area contributed by atoms with Crippen LogP contribution in [0, 0.1) is 17.0 Å². The lowest BCUT2D eigenvalue weighted by Gasteiger charge is -2.00. The Morgan fingerprint density at radius 1 is 1.38 bits per heavy atom. The van der Waals surface area contributed by atoms with Gasteiger partial charge in [0.1, 0.15) is 23.6 Å². The summed E-state index contributed by atoms with van der Waals surface area (Å²) >= 11 is 0. The van der Waals surface area contributed by atoms with Crippen molar-refractivity contribution < 1.29 is 9.72 Å². The molecule has 0 radical (unpaired) electrons. The van der Waals surface area contributed by atoms with Crippen LogP contribution in [0.1, 0.15) is 16.1 Å². The fourth-order valence-corrected chi connectivity index (χ4v) is 1.99. The number of amides is 1. The van der Waals surface area contributed by atoms with E-state index in [9.17, 15) is 14.9 Å². The molecule has 3 aromatic heterocycles. The summed E-state index contributed by atoms with van der Waals surface area (Å²) in [6, 6.07) is 0. The molecular formula is C11H9N7O3. The number of hydrogen-bond donors (Lipinski definition) is 1. The number of nitro groups is 1. The number of carbonyl (C=O) groups excluding carboxylic acids is 1. The molecule has 106 valence electrons. The summed E-state index contributed by atoms with van der Waals surface area (Å²) in [6.45, 7) is 1.65. The van der Waals surface area contributed by atoms with Gasteiger partial charge < -0.3 is 5.73 Å².